The van der Waals surface area contributed by atoms with E-state index in [2.05, 4.69) is 0 Å². The fourth-order valence-corrected chi connectivity index (χ4v) is 4.01. The third-order valence-electron chi connectivity index (χ3n) is 5.46. The van der Waals surface area contributed by atoms with E-state index in [-0.39, 0.29) is 24.3 Å². The molecule has 2 heterocycles. The first-order valence-corrected chi connectivity index (χ1v) is 9.58. The van der Waals surface area contributed by atoms with Gasteiger partial charge in [-0.05, 0) is 43.7 Å². The molecule has 0 saturated carbocycles. The van der Waals surface area contributed by atoms with Crippen molar-refractivity contribution >= 4 is 11.8 Å². The van der Waals surface area contributed by atoms with Gasteiger partial charge >= 0.3 is 6.18 Å². The Kier molecular flexibility index (Phi) is 6.07. The van der Waals surface area contributed by atoms with Crippen LogP contribution in [0.4, 0.5) is 13.2 Å². The summed E-state index contributed by atoms with van der Waals surface area (Å²) in [6, 6.07) is 5.04. The Balaban J connectivity index is 1.62. The number of amides is 2. The molecule has 2 fully saturated rings. The van der Waals surface area contributed by atoms with E-state index in [9.17, 15) is 22.8 Å². The van der Waals surface area contributed by atoms with Crippen LogP contribution in [-0.4, -0.2) is 47.3 Å². The number of likely N-dealkylation sites (tertiary alicyclic amines) is 2. The van der Waals surface area contributed by atoms with Gasteiger partial charge in [-0.1, -0.05) is 18.2 Å². The van der Waals surface area contributed by atoms with Crippen molar-refractivity contribution in [2.75, 3.05) is 19.6 Å². The van der Waals surface area contributed by atoms with Crippen LogP contribution in [0, 0.1) is 0 Å². The number of benzene rings is 1. The molecule has 2 aliphatic rings. The van der Waals surface area contributed by atoms with Crippen LogP contribution in [0.1, 0.15) is 49.7 Å². The van der Waals surface area contributed by atoms with E-state index in [0.29, 0.717) is 25.1 Å². The number of alkyl halides is 3. The molecule has 0 bridgehead atoms. The van der Waals surface area contributed by atoms with E-state index >= 15 is 0 Å². The Bertz CT molecular complexity index is 690. The molecular weight excluding hydrogens is 357 g/mol. The molecule has 148 valence electrons. The molecule has 2 aliphatic heterocycles. The maximum absolute atomic E-state index is 12.9. The maximum atomic E-state index is 12.9. The van der Waals surface area contributed by atoms with Crippen molar-refractivity contribution in [1.82, 2.24) is 9.80 Å². The molecule has 0 unspecified atom stereocenters. The van der Waals surface area contributed by atoms with Gasteiger partial charge in [-0.2, -0.15) is 13.2 Å². The molecule has 0 spiro atoms. The van der Waals surface area contributed by atoms with Crippen molar-refractivity contribution in [3.05, 3.63) is 35.4 Å². The molecule has 2 amide bonds. The van der Waals surface area contributed by atoms with Crippen LogP contribution in [0.25, 0.3) is 0 Å². The highest BCUT2D eigenvalue weighted by atomic mass is 19.4. The minimum Gasteiger partial charge on any atom is -0.343 e. The maximum Gasteiger partial charge on any atom is 0.416 e. The number of hydrogen-bond donors (Lipinski definition) is 0. The third-order valence-corrected chi connectivity index (χ3v) is 5.46. The number of halogens is 3. The monoisotopic (exact) mass is 382 g/mol. The van der Waals surface area contributed by atoms with Gasteiger partial charge in [0.25, 0.3) is 0 Å². The zero-order chi connectivity index (χ0) is 19.4. The van der Waals surface area contributed by atoms with Crippen molar-refractivity contribution in [3.63, 3.8) is 0 Å². The Hall–Kier alpha value is -2.05. The summed E-state index contributed by atoms with van der Waals surface area (Å²) in [6.45, 7) is 2.07. The van der Waals surface area contributed by atoms with E-state index in [4.69, 9.17) is 0 Å². The molecule has 2 saturated heterocycles. The second kappa shape index (κ2) is 8.31. The molecule has 3 rings (SSSR count). The molecule has 0 N–H and O–H groups in total. The van der Waals surface area contributed by atoms with Crippen LogP contribution in [0.3, 0.4) is 0 Å². The molecule has 1 atom stereocenters. The lowest BCUT2D eigenvalue weighted by molar-refractivity contribution is -0.138. The molecule has 1 aromatic carbocycles. The van der Waals surface area contributed by atoms with Crippen LogP contribution >= 0.6 is 0 Å². The predicted octanol–water partition coefficient (Wildman–Crippen LogP) is 3.64. The Morgan fingerprint density at radius 2 is 1.96 bits per heavy atom. The van der Waals surface area contributed by atoms with Gasteiger partial charge in [0.2, 0.25) is 11.8 Å². The fraction of sp³-hybridized carbons (Fsp3) is 0.600. The Labute approximate surface area is 157 Å². The Morgan fingerprint density at radius 1 is 1.15 bits per heavy atom. The number of carbonyl (C=O) groups excluding carboxylic acids is 2. The normalized spacial score (nSPS) is 21.0. The van der Waals surface area contributed by atoms with Crippen LogP contribution in [-0.2, 0) is 22.2 Å². The minimum atomic E-state index is -4.41. The minimum absolute atomic E-state index is 0.0247. The van der Waals surface area contributed by atoms with E-state index in [1.54, 1.807) is 6.07 Å². The first-order chi connectivity index (χ1) is 12.8. The lowest BCUT2D eigenvalue weighted by Gasteiger charge is -2.37. The SMILES string of the molecule is O=C1CCCN1CC[C@H]1CCCCN1C(=O)Cc1cccc(C(F)(F)F)c1. The average Bonchev–Trinajstić information content (AvgIpc) is 3.04. The van der Waals surface area contributed by atoms with Gasteiger partial charge < -0.3 is 9.80 Å². The lowest BCUT2D eigenvalue weighted by atomic mass is 9.97. The summed E-state index contributed by atoms with van der Waals surface area (Å²) >= 11 is 0. The predicted molar refractivity (Wildman–Crippen MR) is 94.9 cm³/mol. The standard InChI is InChI=1S/C20H25F3N2O2/c21-20(22,23)16-6-3-5-15(13-16)14-19(27)25-11-2-1-7-17(25)9-12-24-10-4-8-18(24)26/h3,5-6,13,17H,1-2,4,7-12,14H2/t17-/m1/s1. The topological polar surface area (TPSA) is 40.6 Å². The summed E-state index contributed by atoms with van der Waals surface area (Å²) < 4.78 is 38.6. The summed E-state index contributed by atoms with van der Waals surface area (Å²) in [5, 5.41) is 0. The second-order valence-electron chi connectivity index (χ2n) is 7.38. The van der Waals surface area contributed by atoms with Gasteiger partial charge in [0.1, 0.15) is 0 Å². The Morgan fingerprint density at radius 3 is 2.67 bits per heavy atom. The smallest absolute Gasteiger partial charge is 0.343 e. The van der Waals surface area contributed by atoms with Crippen LogP contribution in [0.2, 0.25) is 0 Å². The van der Waals surface area contributed by atoms with Crippen molar-refractivity contribution in [3.8, 4) is 0 Å². The van der Waals surface area contributed by atoms with Crippen molar-refractivity contribution in [2.24, 2.45) is 0 Å². The number of hydrogen-bond acceptors (Lipinski definition) is 2. The van der Waals surface area contributed by atoms with Gasteiger partial charge in [-0.3, -0.25) is 9.59 Å². The van der Waals surface area contributed by atoms with E-state index in [1.807, 2.05) is 9.80 Å². The lowest BCUT2D eigenvalue weighted by Crippen LogP contribution is -2.46. The first-order valence-electron chi connectivity index (χ1n) is 9.58. The summed E-state index contributed by atoms with van der Waals surface area (Å²) in [7, 11) is 0. The van der Waals surface area contributed by atoms with Gasteiger partial charge in [0.05, 0.1) is 12.0 Å². The van der Waals surface area contributed by atoms with E-state index in [1.165, 1.54) is 6.07 Å². The highest BCUT2D eigenvalue weighted by Gasteiger charge is 2.31. The van der Waals surface area contributed by atoms with Gasteiger partial charge in [0.15, 0.2) is 0 Å². The molecular formula is C20H25F3N2O2. The van der Waals surface area contributed by atoms with Crippen molar-refractivity contribution in [1.29, 1.82) is 0 Å². The summed E-state index contributed by atoms with van der Waals surface area (Å²) in [5.74, 6) is 0.0411. The largest absolute Gasteiger partial charge is 0.416 e. The average molecular weight is 382 g/mol. The van der Waals surface area contributed by atoms with Gasteiger partial charge in [0, 0.05) is 32.1 Å². The zero-order valence-corrected chi connectivity index (χ0v) is 15.3. The van der Waals surface area contributed by atoms with Crippen LogP contribution in [0.5, 0.6) is 0 Å². The van der Waals surface area contributed by atoms with E-state index < -0.39 is 11.7 Å². The summed E-state index contributed by atoms with van der Waals surface area (Å²) in [5.41, 5.74) is -0.343. The summed E-state index contributed by atoms with van der Waals surface area (Å²) in [4.78, 5) is 28.2. The van der Waals surface area contributed by atoms with Crippen molar-refractivity contribution < 1.29 is 22.8 Å². The third kappa shape index (κ3) is 5.02. The molecule has 1 aromatic rings. The second-order valence-corrected chi connectivity index (χ2v) is 7.38. The molecule has 0 aromatic heterocycles. The number of nitrogens with zero attached hydrogens (tertiary/aromatic N) is 2. The summed E-state index contributed by atoms with van der Waals surface area (Å²) in [6.07, 6.45) is 0.623. The molecule has 7 heteroatoms. The zero-order valence-electron chi connectivity index (χ0n) is 15.3. The fourth-order valence-electron chi connectivity index (χ4n) is 4.01. The first kappa shape index (κ1) is 19.7. The van der Waals surface area contributed by atoms with E-state index in [0.717, 1.165) is 50.8 Å². The van der Waals surface area contributed by atoms with Crippen LogP contribution < -0.4 is 0 Å². The number of piperidine rings is 1. The highest BCUT2D eigenvalue weighted by Crippen LogP contribution is 2.30. The number of rotatable bonds is 5. The quantitative estimate of drug-likeness (QED) is 0.780. The van der Waals surface area contributed by atoms with Gasteiger partial charge in [-0.25, -0.2) is 0 Å². The molecule has 4 nitrogen and oxygen atoms in total. The highest BCUT2D eigenvalue weighted by molar-refractivity contribution is 5.79. The van der Waals surface area contributed by atoms with Gasteiger partial charge in [-0.15, -0.1) is 0 Å². The molecule has 0 aliphatic carbocycles. The number of carbonyl (C=O) groups is 2. The van der Waals surface area contributed by atoms with Crippen LogP contribution in [0.15, 0.2) is 24.3 Å². The van der Waals surface area contributed by atoms with Crippen molar-refractivity contribution in [2.45, 2.75) is 57.2 Å². The molecule has 0 radical (unpaired) electrons. The molecule has 27 heavy (non-hydrogen) atoms.